The standard InChI is InChI=1S/C20H28N4O2/c1-3-21-20(23-12-13-25-4-2)24-15-18-10-11-22-19(14-18)26-16-17-8-6-5-7-9-17/h5-11,14H,3-4,12-13,15-16H2,1-2H3,(H2,21,23,24). The van der Waals surface area contributed by atoms with Crippen LogP contribution in [0.3, 0.4) is 0 Å². The van der Waals surface area contributed by atoms with Gasteiger partial charge < -0.3 is 20.1 Å². The van der Waals surface area contributed by atoms with Crippen LogP contribution in [-0.4, -0.2) is 37.2 Å². The summed E-state index contributed by atoms with van der Waals surface area (Å²) in [5, 5.41) is 6.48. The Morgan fingerprint density at radius 1 is 1.08 bits per heavy atom. The van der Waals surface area contributed by atoms with Gasteiger partial charge >= 0.3 is 0 Å². The fourth-order valence-corrected chi connectivity index (χ4v) is 2.26. The first-order valence-electron chi connectivity index (χ1n) is 9.03. The average Bonchev–Trinajstić information content (AvgIpc) is 2.69. The predicted octanol–water partition coefficient (Wildman–Crippen LogP) is 2.75. The molecule has 6 heteroatoms. The molecule has 2 N–H and O–H groups in total. The summed E-state index contributed by atoms with van der Waals surface area (Å²) in [6, 6.07) is 13.9. The SMILES string of the molecule is CCNC(=NCc1ccnc(OCc2ccccc2)c1)NCCOCC. The van der Waals surface area contributed by atoms with Crippen LogP contribution in [0.25, 0.3) is 0 Å². The van der Waals surface area contributed by atoms with Crippen LogP contribution in [0.5, 0.6) is 5.88 Å². The third-order valence-electron chi connectivity index (χ3n) is 3.54. The van der Waals surface area contributed by atoms with Crippen LogP contribution in [0.2, 0.25) is 0 Å². The zero-order valence-electron chi connectivity index (χ0n) is 15.6. The highest BCUT2D eigenvalue weighted by Gasteiger charge is 2.01. The Labute approximate surface area is 155 Å². The van der Waals surface area contributed by atoms with E-state index in [4.69, 9.17) is 9.47 Å². The number of aromatic nitrogens is 1. The quantitative estimate of drug-likeness (QED) is 0.389. The second-order valence-corrected chi connectivity index (χ2v) is 5.60. The van der Waals surface area contributed by atoms with Gasteiger partial charge in [-0.1, -0.05) is 30.3 Å². The highest BCUT2D eigenvalue weighted by molar-refractivity contribution is 5.79. The van der Waals surface area contributed by atoms with Gasteiger partial charge in [0.1, 0.15) is 6.61 Å². The van der Waals surface area contributed by atoms with E-state index in [1.165, 1.54) is 0 Å². The lowest BCUT2D eigenvalue weighted by atomic mass is 10.2. The molecule has 0 fully saturated rings. The molecule has 0 bridgehead atoms. The number of guanidine groups is 1. The molecule has 0 atom stereocenters. The zero-order chi connectivity index (χ0) is 18.5. The number of hydrogen-bond donors (Lipinski definition) is 2. The Morgan fingerprint density at radius 3 is 2.69 bits per heavy atom. The summed E-state index contributed by atoms with van der Waals surface area (Å²) in [5.41, 5.74) is 2.16. The average molecular weight is 356 g/mol. The molecule has 1 aromatic carbocycles. The predicted molar refractivity (Wildman–Crippen MR) is 104 cm³/mol. The first-order valence-corrected chi connectivity index (χ1v) is 9.03. The number of pyridine rings is 1. The second kappa shape index (κ2) is 11.9. The molecule has 0 spiro atoms. The number of nitrogens with zero attached hydrogens (tertiary/aromatic N) is 2. The molecule has 1 heterocycles. The number of ether oxygens (including phenoxy) is 2. The van der Waals surface area contributed by atoms with Crippen molar-refractivity contribution in [3.8, 4) is 5.88 Å². The molecule has 1 aromatic heterocycles. The van der Waals surface area contributed by atoms with Crippen LogP contribution in [-0.2, 0) is 17.9 Å². The Morgan fingerprint density at radius 2 is 1.92 bits per heavy atom. The largest absolute Gasteiger partial charge is 0.473 e. The van der Waals surface area contributed by atoms with E-state index < -0.39 is 0 Å². The molecule has 0 aliphatic rings. The van der Waals surface area contributed by atoms with E-state index in [9.17, 15) is 0 Å². The third kappa shape index (κ3) is 7.53. The van der Waals surface area contributed by atoms with Gasteiger partial charge in [0, 0.05) is 32.0 Å². The minimum absolute atomic E-state index is 0.502. The topological polar surface area (TPSA) is 67.8 Å². The van der Waals surface area contributed by atoms with Crippen LogP contribution >= 0.6 is 0 Å². The number of benzene rings is 1. The van der Waals surface area contributed by atoms with Crippen LogP contribution in [0.1, 0.15) is 25.0 Å². The van der Waals surface area contributed by atoms with E-state index in [0.29, 0.717) is 25.6 Å². The van der Waals surface area contributed by atoms with Gasteiger partial charge in [0.2, 0.25) is 5.88 Å². The van der Waals surface area contributed by atoms with E-state index >= 15 is 0 Å². The Hall–Kier alpha value is -2.60. The highest BCUT2D eigenvalue weighted by atomic mass is 16.5. The summed E-state index contributed by atoms with van der Waals surface area (Å²) in [4.78, 5) is 8.87. The first-order chi connectivity index (χ1) is 12.8. The summed E-state index contributed by atoms with van der Waals surface area (Å²) in [6.07, 6.45) is 1.75. The molecular formula is C20H28N4O2. The summed E-state index contributed by atoms with van der Waals surface area (Å²) >= 11 is 0. The Kier molecular flexibility index (Phi) is 9.00. The molecule has 0 radical (unpaired) electrons. The van der Waals surface area contributed by atoms with Crippen molar-refractivity contribution in [2.24, 2.45) is 4.99 Å². The van der Waals surface area contributed by atoms with Crippen molar-refractivity contribution in [3.05, 3.63) is 59.8 Å². The van der Waals surface area contributed by atoms with Gasteiger partial charge in [-0.3, -0.25) is 0 Å². The smallest absolute Gasteiger partial charge is 0.213 e. The van der Waals surface area contributed by atoms with Gasteiger partial charge in [-0.05, 0) is 31.0 Å². The molecule has 0 saturated carbocycles. The second-order valence-electron chi connectivity index (χ2n) is 5.60. The lowest BCUT2D eigenvalue weighted by Crippen LogP contribution is -2.39. The maximum absolute atomic E-state index is 5.77. The zero-order valence-corrected chi connectivity index (χ0v) is 15.6. The van der Waals surface area contributed by atoms with Gasteiger partial charge in [-0.25, -0.2) is 9.98 Å². The molecule has 140 valence electrons. The first kappa shape index (κ1) is 19.7. The molecule has 0 amide bonds. The third-order valence-corrected chi connectivity index (χ3v) is 3.54. The maximum Gasteiger partial charge on any atom is 0.213 e. The van der Waals surface area contributed by atoms with Gasteiger partial charge in [0.25, 0.3) is 0 Å². The summed E-state index contributed by atoms with van der Waals surface area (Å²) in [7, 11) is 0. The Bertz CT molecular complexity index is 662. The van der Waals surface area contributed by atoms with Crippen molar-refractivity contribution in [1.29, 1.82) is 0 Å². The fraction of sp³-hybridized carbons (Fsp3) is 0.400. The van der Waals surface area contributed by atoms with Gasteiger partial charge in [0.05, 0.1) is 13.2 Å². The van der Waals surface area contributed by atoms with E-state index in [1.807, 2.05) is 56.3 Å². The summed E-state index contributed by atoms with van der Waals surface area (Å²) < 4.78 is 11.1. The van der Waals surface area contributed by atoms with Gasteiger partial charge in [0.15, 0.2) is 5.96 Å². The van der Waals surface area contributed by atoms with Crippen LogP contribution in [0.15, 0.2) is 53.7 Å². The molecule has 2 aromatic rings. The molecule has 6 nitrogen and oxygen atoms in total. The number of hydrogen-bond acceptors (Lipinski definition) is 4. The van der Waals surface area contributed by atoms with Crippen molar-refractivity contribution >= 4 is 5.96 Å². The summed E-state index contributed by atoms with van der Waals surface area (Å²) in [5.74, 6) is 1.38. The van der Waals surface area contributed by atoms with Gasteiger partial charge in [-0.15, -0.1) is 0 Å². The van der Waals surface area contributed by atoms with Crippen LogP contribution < -0.4 is 15.4 Å². The lowest BCUT2D eigenvalue weighted by molar-refractivity contribution is 0.152. The molecule has 0 aliphatic heterocycles. The van der Waals surface area contributed by atoms with Crippen molar-refractivity contribution in [2.45, 2.75) is 27.0 Å². The normalized spacial score (nSPS) is 11.2. The lowest BCUT2D eigenvalue weighted by Gasteiger charge is -2.11. The molecule has 0 aliphatic carbocycles. The van der Waals surface area contributed by atoms with Gasteiger partial charge in [-0.2, -0.15) is 0 Å². The van der Waals surface area contributed by atoms with Crippen molar-refractivity contribution in [3.63, 3.8) is 0 Å². The molecular weight excluding hydrogens is 328 g/mol. The fourth-order valence-electron chi connectivity index (χ4n) is 2.26. The van der Waals surface area contributed by atoms with Crippen LogP contribution in [0.4, 0.5) is 0 Å². The van der Waals surface area contributed by atoms with Crippen LogP contribution in [0, 0.1) is 0 Å². The molecule has 0 saturated heterocycles. The molecule has 0 unspecified atom stereocenters. The Balaban J connectivity index is 1.88. The highest BCUT2D eigenvalue weighted by Crippen LogP contribution is 2.12. The van der Waals surface area contributed by atoms with Crippen molar-refractivity contribution in [1.82, 2.24) is 15.6 Å². The minimum Gasteiger partial charge on any atom is -0.473 e. The minimum atomic E-state index is 0.502. The number of aliphatic imine (C=N–C) groups is 1. The van der Waals surface area contributed by atoms with Crippen molar-refractivity contribution < 1.29 is 9.47 Å². The van der Waals surface area contributed by atoms with Crippen molar-refractivity contribution in [2.75, 3.05) is 26.3 Å². The van der Waals surface area contributed by atoms with E-state index in [1.54, 1.807) is 6.20 Å². The molecule has 2 rings (SSSR count). The number of nitrogens with one attached hydrogen (secondary N) is 2. The maximum atomic E-state index is 5.77. The monoisotopic (exact) mass is 356 g/mol. The molecule has 26 heavy (non-hydrogen) atoms. The van der Waals surface area contributed by atoms with E-state index in [-0.39, 0.29) is 0 Å². The summed E-state index contributed by atoms with van der Waals surface area (Å²) in [6.45, 7) is 7.99. The van der Waals surface area contributed by atoms with E-state index in [2.05, 4.69) is 20.6 Å². The van der Waals surface area contributed by atoms with E-state index in [0.717, 1.165) is 36.8 Å². The number of rotatable bonds is 10.